The Hall–Kier alpha value is -2.10. The van der Waals surface area contributed by atoms with E-state index in [1.807, 2.05) is 39.0 Å². The Morgan fingerprint density at radius 1 is 1.28 bits per heavy atom. The lowest BCUT2D eigenvalue weighted by atomic mass is 10.1. The molecule has 2 aromatic rings. The van der Waals surface area contributed by atoms with Crippen LogP contribution in [0.3, 0.4) is 0 Å². The van der Waals surface area contributed by atoms with Gasteiger partial charge in [0.15, 0.2) is 0 Å². The van der Waals surface area contributed by atoms with E-state index in [-0.39, 0.29) is 11.5 Å². The van der Waals surface area contributed by atoms with Crippen LogP contribution in [0.4, 0.5) is 5.69 Å². The molecule has 4 nitrogen and oxygen atoms in total. The number of benzene rings is 1. The molecular formula is C14H17N3O. The summed E-state index contributed by atoms with van der Waals surface area (Å²) in [4.78, 5) is 18.8. The Morgan fingerprint density at radius 2 is 2.00 bits per heavy atom. The minimum Gasteiger partial charge on any atom is -0.398 e. The second-order valence-electron chi connectivity index (χ2n) is 4.74. The zero-order chi connectivity index (χ0) is 13.3. The van der Waals surface area contributed by atoms with Gasteiger partial charge in [0.25, 0.3) is 5.56 Å². The molecule has 4 heteroatoms. The molecule has 0 bridgehead atoms. The number of aromatic amines is 1. The number of aromatic nitrogens is 2. The van der Waals surface area contributed by atoms with Crippen molar-refractivity contribution in [3.8, 4) is 11.3 Å². The van der Waals surface area contributed by atoms with Crippen LogP contribution < -0.4 is 11.3 Å². The lowest BCUT2D eigenvalue weighted by Gasteiger charge is -2.08. The van der Waals surface area contributed by atoms with Crippen LogP contribution >= 0.6 is 0 Å². The molecule has 0 radical (unpaired) electrons. The van der Waals surface area contributed by atoms with Crippen LogP contribution in [0.25, 0.3) is 11.3 Å². The summed E-state index contributed by atoms with van der Waals surface area (Å²) in [6, 6.07) is 7.21. The van der Waals surface area contributed by atoms with Crippen molar-refractivity contribution in [2.24, 2.45) is 0 Å². The summed E-state index contributed by atoms with van der Waals surface area (Å²) in [6.07, 6.45) is 0. The standard InChI is InChI=1S/C14H17N3O/c1-8(2)14-16-12(7-13(18)17-14)10-5-4-9(3)11(15)6-10/h4-8H,15H2,1-3H3,(H,16,17,18). The van der Waals surface area contributed by atoms with Gasteiger partial charge in [-0.2, -0.15) is 0 Å². The van der Waals surface area contributed by atoms with E-state index in [4.69, 9.17) is 5.73 Å². The molecule has 0 spiro atoms. The average Bonchev–Trinajstić information content (AvgIpc) is 2.31. The Bertz CT molecular complexity index is 629. The fourth-order valence-corrected chi connectivity index (χ4v) is 1.70. The third kappa shape index (κ3) is 2.42. The molecule has 2 rings (SSSR count). The van der Waals surface area contributed by atoms with Crippen molar-refractivity contribution in [3.63, 3.8) is 0 Å². The second-order valence-corrected chi connectivity index (χ2v) is 4.74. The molecule has 0 unspecified atom stereocenters. The molecular weight excluding hydrogens is 226 g/mol. The third-order valence-electron chi connectivity index (χ3n) is 2.88. The molecule has 0 fully saturated rings. The van der Waals surface area contributed by atoms with E-state index in [9.17, 15) is 4.79 Å². The molecule has 1 aromatic heterocycles. The van der Waals surface area contributed by atoms with E-state index in [2.05, 4.69) is 9.97 Å². The third-order valence-corrected chi connectivity index (χ3v) is 2.88. The van der Waals surface area contributed by atoms with Gasteiger partial charge in [-0.25, -0.2) is 4.98 Å². The molecule has 1 aromatic carbocycles. The molecule has 0 aliphatic carbocycles. The molecule has 1 heterocycles. The largest absolute Gasteiger partial charge is 0.398 e. The Morgan fingerprint density at radius 3 is 2.61 bits per heavy atom. The van der Waals surface area contributed by atoms with Gasteiger partial charge >= 0.3 is 0 Å². The molecule has 0 amide bonds. The number of hydrogen-bond acceptors (Lipinski definition) is 3. The molecule has 18 heavy (non-hydrogen) atoms. The summed E-state index contributed by atoms with van der Waals surface area (Å²) in [5, 5.41) is 0. The highest BCUT2D eigenvalue weighted by Crippen LogP contribution is 2.22. The number of nitrogen functional groups attached to an aromatic ring is 1. The first-order valence-corrected chi connectivity index (χ1v) is 5.95. The van der Waals surface area contributed by atoms with Gasteiger partial charge in [0.1, 0.15) is 5.82 Å². The number of nitrogens with two attached hydrogens (primary N) is 1. The molecule has 94 valence electrons. The minimum atomic E-state index is -0.136. The van der Waals surface area contributed by atoms with Crippen LogP contribution in [0, 0.1) is 6.92 Å². The van der Waals surface area contributed by atoms with E-state index in [1.165, 1.54) is 6.07 Å². The van der Waals surface area contributed by atoms with E-state index in [0.717, 1.165) is 11.1 Å². The maximum atomic E-state index is 11.6. The van der Waals surface area contributed by atoms with E-state index in [1.54, 1.807) is 0 Å². The van der Waals surface area contributed by atoms with Crippen molar-refractivity contribution in [1.82, 2.24) is 9.97 Å². The first-order chi connectivity index (χ1) is 8.47. The van der Waals surface area contributed by atoms with Crippen molar-refractivity contribution in [3.05, 3.63) is 46.0 Å². The minimum absolute atomic E-state index is 0.136. The maximum absolute atomic E-state index is 11.6. The van der Waals surface area contributed by atoms with Crippen molar-refractivity contribution in [1.29, 1.82) is 0 Å². The number of H-pyrrole nitrogens is 1. The van der Waals surface area contributed by atoms with E-state index in [0.29, 0.717) is 17.2 Å². The van der Waals surface area contributed by atoms with Gasteiger partial charge in [0.05, 0.1) is 5.69 Å². The molecule has 0 aliphatic rings. The second kappa shape index (κ2) is 4.64. The topological polar surface area (TPSA) is 71.8 Å². The lowest BCUT2D eigenvalue weighted by molar-refractivity contribution is 0.768. The summed E-state index contributed by atoms with van der Waals surface area (Å²) in [6.45, 7) is 5.93. The quantitative estimate of drug-likeness (QED) is 0.796. The fourth-order valence-electron chi connectivity index (χ4n) is 1.70. The summed E-state index contributed by atoms with van der Waals surface area (Å²) >= 11 is 0. The predicted molar refractivity (Wildman–Crippen MR) is 73.5 cm³/mol. The number of nitrogens with zero attached hydrogens (tertiary/aromatic N) is 1. The molecule has 3 N–H and O–H groups in total. The Labute approximate surface area is 106 Å². The highest BCUT2D eigenvalue weighted by molar-refractivity contribution is 5.65. The monoisotopic (exact) mass is 243 g/mol. The zero-order valence-corrected chi connectivity index (χ0v) is 10.8. The smallest absolute Gasteiger partial charge is 0.251 e. The van der Waals surface area contributed by atoms with Gasteiger partial charge in [-0.3, -0.25) is 4.79 Å². The molecule has 0 saturated heterocycles. The van der Waals surface area contributed by atoms with Gasteiger partial charge < -0.3 is 10.7 Å². The number of hydrogen-bond donors (Lipinski definition) is 2. The van der Waals surface area contributed by atoms with Crippen LogP contribution in [0.5, 0.6) is 0 Å². The SMILES string of the molecule is Cc1ccc(-c2cc(=O)[nH]c(C(C)C)n2)cc1N. The van der Waals surface area contributed by atoms with Crippen LogP contribution in [0.15, 0.2) is 29.1 Å². The van der Waals surface area contributed by atoms with Crippen LogP contribution in [-0.4, -0.2) is 9.97 Å². The van der Waals surface area contributed by atoms with Crippen LogP contribution in [-0.2, 0) is 0 Å². The van der Waals surface area contributed by atoms with Crippen molar-refractivity contribution < 1.29 is 0 Å². The normalized spacial score (nSPS) is 10.9. The summed E-state index contributed by atoms with van der Waals surface area (Å²) in [7, 11) is 0. The summed E-state index contributed by atoms with van der Waals surface area (Å²) in [5.74, 6) is 0.872. The number of nitrogens with one attached hydrogen (secondary N) is 1. The number of rotatable bonds is 2. The first kappa shape index (κ1) is 12.4. The lowest BCUT2D eigenvalue weighted by Crippen LogP contribution is -2.12. The van der Waals surface area contributed by atoms with E-state index < -0.39 is 0 Å². The zero-order valence-electron chi connectivity index (χ0n) is 10.8. The first-order valence-electron chi connectivity index (χ1n) is 5.95. The maximum Gasteiger partial charge on any atom is 0.251 e. The van der Waals surface area contributed by atoms with Crippen LogP contribution in [0.1, 0.15) is 31.2 Å². The van der Waals surface area contributed by atoms with Crippen molar-refractivity contribution in [2.75, 3.05) is 5.73 Å². The molecule has 0 aliphatic heterocycles. The number of aryl methyl sites for hydroxylation is 1. The van der Waals surface area contributed by atoms with Crippen molar-refractivity contribution >= 4 is 5.69 Å². The summed E-state index contributed by atoms with van der Waals surface area (Å²) in [5.41, 5.74) is 9.00. The van der Waals surface area contributed by atoms with Crippen LogP contribution in [0.2, 0.25) is 0 Å². The fraction of sp³-hybridized carbons (Fsp3) is 0.286. The Balaban J connectivity index is 2.56. The Kier molecular flexibility index (Phi) is 3.19. The molecule has 0 atom stereocenters. The van der Waals surface area contributed by atoms with Gasteiger partial charge in [0.2, 0.25) is 0 Å². The van der Waals surface area contributed by atoms with Gasteiger partial charge in [-0.05, 0) is 18.6 Å². The van der Waals surface area contributed by atoms with Gasteiger partial charge in [0, 0.05) is 23.2 Å². The van der Waals surface area contributed by atoms with Crippen molar-refractivity contribution in [2.45, 2.75) is 26.7 Å². The number of anilines is 1. The highest BCUT2D eigenvalue weighted by Gasteiger charge is 2.07. The van der Waals surface area contributed by atoms with E-state index >= 15 is 0 Å². The molecule has 0 saturated carbocycles. The highest BCUT2D eigenvalue weighted by atomic mass is 16.1. The van der Waals surface area contributed by atoms with Gasteiger partial charge in [-0.15, -0.1) is 0 Å². The summed E-state index contributed by atoms with van der Waals surface area (Å²) < 4.78 is 0. The average molecular weight is 243 g/mol. The van der Waals surface area contributed by atoms with Gasteiger partial charge in [-0.1, -0.05) is 26.0 Å². The predicted octanol–water partition coefficient (Wildman–Crippen LogP) is 2.45.